The molecule has 0 amide bonds. The van der Waals surface area contributed by atoms with Crippen LogP contribution in [0.25, 0.3) is 0 Å². The van der Waals surface area contributed by atoms with Crippen LogP contribution in [0.4, 0.5) is 0 Å². The average Bonchev–Trinajstić information content (AvgIpc) is 2.37. The van der Waals surface area contributed by atoms with Crippen molar-refractivity contribution in [2.45, 2.75) is 72.1 Å². The summed E-state index contributed by atoms with van der Waals surface area (Å²) in [5.74, 6) is 1.04. The van der Waals surface area contributed by atoms with E-state index in [1.54, 1.807) is 0 Å². The van der Waals surface area contributed by atoms with E-state index in [-0.39, 0.29) is 0 Å². The van der Waals surface area contributed by atoms with Crippen LogP contribution in [-0.4, -0.2) is 5.78 Å². The summed E-state index contributed by atoms with van der Waals surface area (Å²) in [6, 6.07) is 0. The molecule has 0 saturated heterocycles. The number of unbranched alkanes of at least 4 members (excludes halogenated alkanes) is 1. The monoisotopic (exact) mass is 260 g/mol. The lowest BCUT2D eigenvalue weighted by Gasteiger charge is -2.44. The molecular weight excluding hydrogens is 232 g/mol. The lowest BCUT2D eigenvalue weighted by Crippen LogP contribution is -2.34. The fourth-order valence-electron chi connectivity index (χ4n) is 3.78. The van der Waals surface area contributed by atoms with Crippen LogP contribution in [0.3, 0.4) is 0 Å². The molecule has 0 heterocycles. The fraction of sp³-hybridized carbons (Fsp3) is 0.722. The zero-order chi connectivity index (χ0) is 14.0. The normalized spacial score (nSPS) is 31.3. The maximum atomic E-state index is 12.3. The van der Waals surface area contributed by atoms with Crippen LogP contribution in [0.15, 0.2) is 23.3 Å². The van der Waals surface area contributed by atoms with E-state index in [4.69, 9.17) is 0 Å². The van der Waals surface area contributed by atoms with Gasteiger partial charge in [0.2, 0.25) is 0 Å². The van der Waals surface area contributed by atoms with Crippen LogP contribution in [0.5, 0.6) is 0 Å². The van der Waals surface area contributed by atoms with E-state index in [0.29, 0.717) is 17.1 Å². The number of fused-ring (bicyclic) bond motifs is 1. The molecule has 2 atom stereocenters. The second-order valence-electron chi connectivity index (χ2n) is 6.83. The van der Waals surface area contributed by atoms with E-state index in [0.717, 1.165) is 32.1 Å². The molecule has 106 valence electrons. The Labute approximate surface area is 118 Å². The third-order valence-electron chi connectivity index (χ3n) is 5.31. The van der Waals surface area contributed by atoms with Crippen molar-refractivity contribution in [3.63, 3.8) is 0 Å². The number of carbonyl (C=O) groups is 1. The quantitative estimate of drug-likeness (QED) is 0.633. The molecule has 0 bridgehead atoms. The Balaban J connectivity index is 2.33. The lowest BCUT2D eigenvalue weighted by atomic mass is 9.60. The van der Waals surface area contributed by atoms with E-state index in [2.05, 4.69) is 27.4 Å². The smallest absolute Gasteiger partial charge is 0.158 e. The van der Waals surface area contributed by atoms with E-state index >= 15 is 0 Å². The van der Waals surface area contributed by atoms with Gasteiger partial charge < -0.3 is 0 Å². The van der Waals surface area contributed by atoms with E-state index in [9.17, 15) is 4.79 Å². The van der Waals surface area contributed by atoms with Crippen molar-refractivity contribution in [2.75, 3.05) is 0 Å². The van der Waals surface area contributed by atoms with Gasteiger partial charge in [0.15, 0.2) is 5.78 Å². The van der Waals surface area contributed by atoms with Crippen LogP contribution in [-0.2, 0) is 4.79 Å². The molecule has 1 saturated carbocycles. The van der Waals surface area contributed by atoms with Crippen molar-refractivity contribution in [1.82, 2.24) is 0 Å². The number of rotatable bonds is 4. The van der Waals surface area contributed by atoms with Crippen molar-refractivity contribution in [3.05, 3.63) is 23.3 Å². The number of hydrogen-bond donors (Lipinski definition) is 0. The Morgan fingerprint density at radius 1 is 1.42 bits per heavy atom. The predicted octanol–water partition coefficient (Wildman–Crippen LogP) is 5.22. The highest BCUT2D eigenvalue weighted by atomic mass is 16.1. The van der Waals surface area contributed by atoms with Gasteiger partial charge in [-0.05, 0) is 62.4 Å². The molecular formula is C18H28O. The number of ketones is 1. The third-order valence-corrected chi connectivity index (χ3v) is 5.31. The van der Waals surface area contributed by atoms with Crippen molar-refractivity contribution >= 4 is 5.78 Å². The van der Waals surface area contributed by atoms with Gasteiger partial charge in [-0.3, -0.25) is 4.79 Å². The maximum Gasteiger partial charge on any atom is 0.158 e. The second kappa shape index (κ2) is 5.64. The van der Waals surface area contributed by atoms with Gasteiger partial charge in [-0.15, -0.1) is 0 Å². The second-order valence-corrected chi connectivity index (χ2v) is 6.83. The molecule has 1 fully saturated rings. The Kier molecular flexibility index (Phi) is 4.32. The summed E-state index contributed by atoms with van der Waals surface area (Å²) in [6.07, 6.45) is 8.76. The Morgan fingerprint density at radius 3 is 2.79 bits per heavy atom. The van der Waals surface area contributed by atoms with Crippen LogP contribution in [0.1, 0.15) is 72.1 Å². The Hall–Kier alpha value is -0.850. The van der Waals surface area contributed by atoms with E-state index in [1.165, 1.54) is 36.0 Å². The lowest BCUT2D eigenvalue weighted by molar-refractivity contribution is -0.117. The van der Waals surface area contributed by atoms with Gasteiger partial charge >= 0.3 is 0 Å². The van der Waals surface area contributed by atoms with Crippen molar-refractivity contribution in [1.29, 1.82) is 0 Å². The topological polar surface area (TPSA) is 17.1 Å². The first-order valence-electron chi connectivity index (χ1n) is 7.89. The minimum atomic E-state index is 0.308. The van der Waals surface area contributed by atoms with Crippen LogP contribution >= 0.6 is 0 Å². The summed E-state index contributed by atoms with van der Waals surface area (Å²) >= 11 is 0. The van der Waals surface area contributed by atoms with Crippen molar-refractivity contribution in [3.8, 4) is 0 Å². The van der Waals surface area contributed by atoms with Gasteiger partial charge in [-0.2, -0.15) is 0 Å². The molecule has 19 heavy (non-hydrogen) atoms. The van der Waals surface area contributed by atoms with Gasteiger partial charge in [-0.25, -0.2) is 0 Å². The highest BCUT2D eigenvalue weighted by Gasteiger charge is 2.41. The summed E-state index contributed by atoms with van der Waals surface area (Å²) in [5, 5.41) is 0. The molecule has 0 aromatic rings. The minimum absolute atomic E-state index is 0.308. The molecule has 2 aliphatic rings. The average molecular weight is 260 g/mol. The summed E-state index contributed by atoms with van der Waals surface area (Å²) in [7, 11) is 0. The van der Waals surface area contributed by atoms with Crippen LogP contribution in [0, 0.1) is 11.3 Å². The standard InChI is InChI=1S/C18H28O/c1-5-6-7-15-16-12-14(13(2)3)8-10-18(16,4)11-9-17(15)19/h14H,2,5-12H2,1,3-4H3/t14-,18-/m1/s1. The van der Waals surface area contributed by atoms with E-state index in [1.807, 2.05) is 0 Å². The van der Waals surface area contributed by atoms with Gasteiger partial charge in [0.05, 0.1) is 0 Å². The van der Waals surface area contributed by atoms with Gasteiger partial charge in [0, 0.05) is 6.42 Å². The maximum absolute atomic E-state index is 12.3. The third kappa shape index (κ3) is 2.85. The number of hydrogen-bond acceptors (Lipinski definition) is 1. The van der Waals surface area contributed by atoms with Gasteiger partial charge in [0.1, 0.15) is 0 Å². The SMILES string of the molecule is C=C(C)[C@@H]1CC[C@]2(C)CCC(=O)C(CCCC)=C2C1. The Bertz CT molecular complexity index is 415. The Morgan fingerprint density at radius 2 is 2.16 bits per heavy atom. The molecule has 2 rings (SSSR count). The fourth-order valence-corrected chi connectivity index (χ4v) is 3.78. The predicted molar refractivity (Wildman–Crippen MR) is 81.1 cm³/mol. The van der Waals surface area contributed by atoms with Crippen molar-refractivity contribution < 1.29 is 4.79 Å². The van der Waals surface area contributed by atoms with Crippen LogP contribution in [0.2, 0.25) is 0 Å². The highest BCUT2D eigenvalue weighted by Crippen LogP contribution is 2.52. The van der Waals surface area contributed by atoms with Gasteiger partial charge in [0.25, 0.3) is 0 Å². The zero-order valence-corrected chi connectivity index (χ0v) is 12.8. The summed E-state index contributed by atoms with van der Waals surface area (Å²) in [4.78, 5) is 12.3. The van der Waals surface area contributed by atoms with Crippen LogP contribution < -0.4 is 0 Å². The first-order valence-corrected chi connectivity index (χ1v) is 7.89. The number of carbonyl (C=O) groups excluding carboxylic acids is 1. The highest BCUT2D eigenvalue weighted by molar-refractivity contribution is 5.97. The molecule has 0 N–H and O–H groups in total. The largest absolute Gasteiger partial charge is 0.295 e. The van der Waals surface area contributed by atoms with Gasteiger partial charge in [-0.1, -0.05) is 38.0 Å². The molecule has 1 heteroatoms. The molecule has 0 radical (unpaired) electrons. The minimum Gasteiger partial charge on any atom is -0.295 e. The molecule has 0 aromatic heterocycles. The summed E-state index contributed by atoms with van der Waals surface area (Å²) < 4.78 is 0. The molecule has 0 aromatic carbocycles. The number of Topliss-reactive ketones (excluding diaryl/α,β-unsaturated/α-hetero) is 1. The molecule has 1 nitrogen and oxygen atoms in total. The first kappa shape index (κ1) is 14.6. The first-order chi connectivity index (χ1) is 8.98. The summed E-state index contributed by atoms with van der Waals surface area (Å²) in [5.41, 5.74) is 4.29. The molecule has 2 aliphatic carbocycles. The number of allylic oxidation sites excluding steroid dienone is 3. The zero-order valence-electron chi connectivity index (χ0n) is 12.8. The molecule has 0 aliphatic heterocycles. The molecule has 0 unspecified atom stereocenters. The van der Waals surface area contributed by atoms with Crippen molar-refractivity contribution in [2.24, 2.45) is 11.3 Å². The van der Waals surface area contributed by atoms with E-state index < -0.39 is 0 Å². The summed E-state index contributed by atoms with van der Waals surface area (Å²) in [6.45, 7) is 10.9. The molecule has 0 spiro atoms.